The fourth-order valence-corrected chi connectivity index (χ4v) is 3.02. The number of hydrogen-bond acceptors (Lipinski definition) is 3. The van der Waals surface area contributed by atoms with Gasteiger partial charge in [0.05, 0.1) is 5.92 Å². The van der Waals surface area contributed by atoms with Crippen LogP contribution in [0, 0.1) is 11.8 Å². The zero-order chi connectivity index (χ0) is 21.4. The number of nitrogens with one attached hydrogen (secondary N) is 1. The molecular weight excluding hydrogens is 368 g/mol. The van der Waals surface area contributed by atoms with Crippen LogP contribution in [0.5, 0.6) is 0 Å². The summed E-state index contributed by atoms with van der Waals surface area (Å²) in [5, 5.41) is 12.1. The van der Waals surface area contributed by atoms with E-state index in [1.165, 1.54) is 0 Å². The van der Waals surface area contributed by atoms with Gasteiger partial charge in [-0.05, 0) is 29.7 Å². The summed E-state index contributed by atoms with van der Waals surface area (Å²) in [4.78, 5) is 37.5. The molecule has 0 aliphatic carbocycles. The van der Waals surface area contributed by atoms with Crippen LogP contribution >= 0.6 is 0 Å². The van der Waals surface area contributed by atoms with Crippen LogP contribution in [0.3, 0.4) is 0 Å². The summed E-state index contributed by atoms with van der Waals surface area (Å²) in [5.74, 6) is -1.96. The molecule has 0 aromatic heterocycles. The molecular formula is C23H28N2O4. The molecule has 0 heterocycles. The van der Waals surface area contributed by atoms with Crippen molar-refractivity contribution in [2.75, 3.05) is 13.6 Å². The molecule has 0 aliphatic rings. The Labute approximate surface area is 171 Å². The average Bonchev–Trinajstić information content (AvgIpc) is 2.71. The Morgan fingerprint density at radius 1 is 0.966 bits per heavy atom. The lowest BCUT2D eigenvalue weighted by atomic mass is 9.99. The lowest BCUT2D eigenvalue weighted by Crippen LogP contribution is -2.34. The van der Waals surface area contributed by atoms with Gasteiger partial charge in [-0.3, -0.25) is 14.4 Å². The van der Waals surface area contributed by atoms with Crippen LogP contribution in [0.4, 0.5) is 0 Å². The van der Waals surface area contributed by atoms with Crippen LogP contribution < -0.4 is 5.32 Å². The summed E-state index contributed by atoms with van der Waals surface area (Å²) in [5.41, 5.74) is 2.29. The van der Waals surface area contributed by atoms with E-state index in [0.29, 0.717) is 18.5 Å². The second kappa shape index (κ2) is 10.4. The van der Waals surface area contributed by atoms with Crippen molar-refractivity contribution in [1.82, 2.24) is 10.2 Å². The van der Waals surface area contributed by atoms with E-state index in [4.69, 9.17) is 0 Å². The predicted octanol–water partition coefficient (Wildman–Crippen LogP) is 2.97. The third kappa shape index (κ3) is 6.75. The van der Waals surface area contributed by atoms with Crippen molar-refractivity contribution in [1.29, 1.82) is 0 Å². The molecule has 0 saturated heterocycles. The van der Waals surface area contributed by atoms with Crippen LogP contribution in [0.2, 0.25) is 0 Å². The van der Waals surface area contributed by atoms with Crippen molar-refractivity contribution in [3.05, 3.63) is 71.3 Å². The topological polar surface area (TPSA) is 86.7 Å². The number of carbonyl (C=O) groups excluding carboxylic acids is 2. The van der Waals surface area contributed by atoms with Gasteiger partial charge in [0.1, 0.15) is 0 Å². The lowest BCUT2D eigenvalue weighted by Gasteiger charge is -2.19. The number of carboxylic acid groups (broad SMARTS) is 1. The van der Waals surface area contributed by atoms with E-state index >= 15 is 0 Å². The maximum Gasteiger partial charge on any atom is 0.308 e. The molecule has 0 fully saturated rings. The first kappa shape index (κ1) is 22.1. The zero-order valence-electron chi connectivity index (χ0n) is 17.1. The van der Waals surface area contributed by atoms with Crippen LogP contribution in [0.25, 0.3) is 0 Å². The van der Waals surface area contributed by atoms with E-state index in [2.05, 4.69) is 5.32 Å². The number of hydrogen-bond donors (Lipinski definition) is 2. The molecule has 2 rings (SSSR count). The number of benzene rings is 2. The summed E-state index contributed by atoms with van der Waals surface area (Å²) < 4.78 is 0. The molecule has 2 N–H and O–H groups in total. The monoisotopic (exact) mass is 396 g/mol. The number of amides is 2. The zero-order valence-corrected chi connectivity index (χ0v) is 17.1. The highest BCUT2D eigenvalue weighted by Gasteiger charge is 2.19. The summed E-state index contributed by atoms with van der Waals surface area (Å²) in [6, 6.07) is 16.3. The van der Waals surface area contributed by atoms with E-state index in [1.54, 1.807) is 36.2 Å². The molecule has 2 aromatic rings. The van der Waals surface area contributed by atoms with Crippen molar-refractivity contribution in [3.8, 4) is 0 Å². The van der Waals surface area contributed by atoms with Gasteiger partial charge < -0.3 is 15.3 Å². The Balaban J connectivity index is 1.92. The van der Waals surface area contributed by atoms with Crippen molar-refractivity contribution in [3.63, 3.8) is 0 Å². The van der Waals surface area contributed by atoms with Gasteiger partial charge in [-0.15, -0.1) is 0 Å². The molecule has 2 amide bonds. The number of carboxylic acids is 1. The Hall–Kier alpha value is -3.15. The van der Waals surface area contributed by atoms with Gasteiger partial charge in [-0.1, -0.05) is 56.3 Å². The van der Waals surface area contributed by atoms with Gasteiger partial charge in [0.25, 0.3) is 5.91 Å². The minimum absolute atomic E-state index is 0.0520. The molecule has 1 atom stereocenters. The molecule has 2 aromatic carbocycles. The third-order valence-corrected chi connectivity index (χ3v) is 4.69. The Morgan fingerprint density at radius 3 is 2.14 bits per heavy atom. The molecule has 154 valence electrons. The van der Waals surface area contributed by atoms with Crippen molar-refractivity contribution < 1.29 is 19.5 Å². The fraction of sp³-hybridized carbons (Fsp3) is 0.348. The minimum atomic E-state index is -0.942. The Kier molecular flexibility index (Phi) is 7.95. The van der Waals surface area contributed by atoms with Crippen LogP contribution in [-0.2, 0) is 22.6 Å². The molecule has 0 saturated carbocycles. The first-order chi connectivity index (χ1) is 13.8. The fourth-order valence-electron chi connectivity index (χ4n) is 3.02. The van der Waals surface area contributed by atoms with Gasteiger partial charge in [-0.2, -0.15) is 0 Å². The highest BCUT2D eigenvalue weighted by molar-refractivity contribution is 5.94. The van der Waals surface area contributed by atoms with Gasteiger partial charge in [0.15, 0.2) is 0 Å². The van der Waals surface area contributed by atoms with Crippen molar-refractivity contribution in [2.45, 2.75) is 26.8 Å². The van der Waals surface area contributed by atoms with Crippen molar-refractivity contribution >= 4 is 17.8 Å². The van der Waals surface area contributed by atoms with E-state index in [0.717, 1.165) is 11.1 Å². The van der Waals surface area contributed by atoms with E-state index in [9.17, 15) is 19.5 Å². The second-order valence-corrected chi connectivity index (χ2v) is 7.48. The average molecular weight is 396 g/mol. The first-order valence-corrected chi connectivity index (χ1v) is 9.66. The minimum Gasteiger partial charge on any atom is -0.481 e. The van der Waals surface area contributed by atoms with E-state index in [-0.39, 0.29) is 24.3 Å². The van der Waals surface area contributed by atoms with Gasteiger partial charge >= 0.3 is 5.97 Å². The number of rotatable bonds is 9. The number of aliphatic carboxylic acids is 1. The third-order valence-electron chi connectivity index (χ3n) is 4.69. The number of nitrogens with zero attached hydrogens (tertiary/aromatic N) is 1. The van der Waals surface area contributed by atoms with E-state index in [1.807, 2.05) is 44.2 Å². The van der Waals surface area contributed by atoms with Crippen LogP contribution in [0.1, 0.15) is 35.3 Å². The smallest absolute Gasteiger partial charge is 0.308 e. The highest BCUT2D eigenvalue weighted by atomic mass is 16.4. The second-order valence-electron chi connectivity index (χ2n) is 7.48. The molecule has 0 spiro atoms. The molecule has 0 radical (unpaired) electrons. The van der Waals surface area contributed by atoms with E-state index < -0.39 is 11.9 Å². The van der Waals surface area contributed by atoms with Gasteiger partial charge in [0, 0.05) is 31.6 Å². The summed E-state index contributed by atoms with van der Waals surface area (Å²) in [6.45, 7) is 4.23. The van der Waals surface area contributed by atoms with Gasteiger partial charge in [-0.25, -0.2) is 0 Å². The molecule has 0 bridgehead atoms. The lowest BCUT2D eigenvalue weighted by molar-refractivity contribution is -0.141. The quantitative estimate of drug-likeness (QED) is 0.682. The number of carbonyl (C=O) groups is 3. The largest absolute Gasteiger partial charge is 0.481 e. The van der Waals surface area contributed by atoms with Crippen LogP contribution in [-0.4, -0.2) is 41.4 Å². The summed E-state index contributed by atoms with van der Waals surface area (Å²) >= 11 is 0. The molecule has 1 unspecified atom stereocenters. The maximum absolute atomic E-state index is 12.4. The molecule has 6 nitrogen and oxygen atoms in total. The SMILES string of the molecule is CC(C)C(=O)N(C)Cc1ccc(C(=O)NCC(Cc2ccccc2)C(=O)O)cc1. The predicted molar refractivity (Wildman–Crippen MR) is 111 cm³/mol. The normalized spacial score (nSPS) is 11.7. The summed E-state index contributed by atoms with van der Waals surface area (Å²) in [7, 11) is 1.75. The van der Waals surface area contributed by atoms with Gasteiger partial charge in [0.2, 0.25) is 5.91 Å². The maximum atomic E-state index is 12.4. The summed E-state index contributed by atoms with van der Waals surface area (Å²) in [6.07, 6.45) is 0.353. The Bertz CT molecular complexity index is 832. The van der Waals surface area contributed by atoms with Crippen molar-refractivity contribution in [2.24, 2.45) is 11.8 Å². The molecule has 0 aliphatic heterocycles. The Morgan fingerprint density at radius 2 is 1.59 bits per heavy atom. The highest BCUT2D eigenvalue weighted by Crippen LogP contribution is 2.11. The molecule has 29 heavy (non-hydrogen) atoms. The first-order valence-electron chi connectivity index (χ1n) is 9.66. The van der Waals surface area contributed by atoms with Crippen LogP contribution in [0.15, 0.2) is 54.6 Å². The molecule has 6 heteroatoms. The standard InChI is InChI=1S/C23H28N2O4/c1-16(2)22(27)25(3)15-18-9-11-19(12-10-18)21(26)24-14-20(23(28)29)13-17-7-5-4-6-8-17/h4-12,16,20H,13-15H2,1-3H3,(H,24,26)(H,28,29).